The Bertz CT molecular complexity index is 598. The minimum absolute atomic E-state index is 0.224. The molecule has 25 heavy (non-hydrogen) atoms. The predicted octanol–water partition coefficient (Wildman–Crippen LogP) is 3.42. The lowest BCUT2D eigenvalue weighted by Gasteiger charge is -2.32. The van der Waals surface area contributed by atoms with Gasteiger partial charge in [-0.1, -0.05) is 30.3 Å². The molecular weight excluding hydrogens is 318 g/mol. The SMILES string of the molecule is C#CCCN(C(=O)OC(C)(C)C)C(Cc1ccccc1)C(=O)OCC. The molecule has 0 fully saturated rings. The Labute approximate surface area is 150 Å². The topological polar surface area (TPSA) is 55.8 Å². The molecular formula is C20H27NO4. The first-order chi connectivity index (χ1) is 11.8. The molecule has 0 aliphatic heterocycles. The van der Waals surface area contributed by atoms with E-state index >= 15 is 0 Å². The fraction of sp³-hybridized carbons (Fsp3) is 0.500. The van der Waals surface area contributed by atoms with E-state index in [9.17, 15) is 9.59 Å². The second-order valence-electron chi connectivity index (χ2n) is 6.59. The molecule has 0 bridgehead atoms. The van der Waals surface area contributed by atoms with Crippen LogP contribution >= 0.6 is 0 Å². The van der Waals surface area contributed by atoms with Crippen LogP contribution in [-0.4, -0.2) is 41.8 Å². The number of esters is 1. The number of rotatable bonds is 7. The number of terminal acetylenes is 1. The Kier molecular flexibility index (Phi) is 8.00. The van der Waals surface area contributed by atoms with Gasteiger partial charge < -0.3 is 9.47 Å². The maximum Gasteiger partial charge on any atom is 0.411 e. The highest BCUT2D eigenvalue weighted by molar-refractivity contribution is 5.82. The van der Waals surface area contributed by atoms with Gasteiger partial charge in [0.05, 0.1) is 6.61 Å². The van der Waals surface area contributed by atoms with Crippen molar-refractivity contribution in [2.45, 2.75) is 52.2 Å². The molecule has 0 radical (unpaired) electrons. The number of hydrogen-bond acceptors (Lipinski definition) is 4. The number of ether oxygens (including phenoxy) is 2. The van der Waals surface area contributed by atoms with Crippen molar-refractivity contribution in [3.8, 4) is 12.3 Å². The Balaban J connectivity index is 3.10. The van der Waals surface area contributed by atoms with E-state index in [-0.39, 0.29) is 13.2 Å². The molecule has 1 aromatic rings. The van der Waals surface area contributed by atoms with E-state index in [2.05, 4.69) is 5.92 Å². The summed E-state index contributed by atoms with van der Waals surface area (Å²) in [6.07, 6.45) is 5.43. The van der Waals surface area contributed by atoms with Gasteiger partial charge in [-0.15, -0.1) is 12.3 Å². The van der Waals surface area contributed by atoms with E-state index in [1.807, 2.05) is 30.3 Å². The highest BCUT2D eigenvalue weighted by Crippen LogP contribution is 2.17. The molecule has 1 rings (SSSR count). The molecule has 1 atom stereocenters. The lowest BCUT2D eigenvalue weighted by atomic mass is 10.0. The molecule has 1 unspecified atom stereocenters. The first kappa shape index (κ1) is 20.6. The zero-order chi connectivity index (χ0) is 18.9. The summed E-state index contributed by atoms with van der Waals surface area (Å²) in [5.74, 6) is 2.04. The van der Waals surface area contributed by atoms with Gasteiger partial charge in [0.1, 0.15) is 11.6 Å². The summed E-state index contributed by atoms with van der Waals surface area (Å²) in [4.78, 5) is 26.5. The van der Waals surface area contributed by atoms with Crippen LogP contribution in [-0.2, 0) is 20.7 Å². The molecule has 5 nitrogen and oxygen atoms in total. The number of hydrogen-bond donors (Lipinski definition) is 0. The molecule has 0 aliphatic rings. The summed E-state index contributed by atoms with van der Waals surface area (Å²) in [5.41, 5.74) is 0.257. The first-order valence-electron chi connectivity index (χ1n) is 8.42. The average Bonchev–Trinajstić information content (AvgIpc) is 2.53. The van der Waals surface area contributed by atoms with Crippen LogP contribution in [0.25, 0.3) is 0 Å². The Morgan fingerprint density at radius 3 is 2.40 bits per heavy atom. The lowest BCUT2D eigenvalue weighted by molar-refractivity contribution is -0.149. The van der Waals surface area contributed by atoms with Crippen molar-refractivity contribution in [3.05, 3.63) is 35.9 Å². The van der Waals surface area contributed by atoms with Gasteiger partial charge >= 0.3 is 12.1 Å². The van der Waals surface area contributed by atoms with Crippen LogP contribution in [0.3, 0.4) is 0 Å². The molecule has 0 heterocycles. The van der Waals surface area contributed by atoms with Gasteiger partial charge in [-0.2, -0.15) is 0 Å². The van der Waals surface area contributed by atoms with Crippen molar-refractivity contribution >= 4 is 12.1 Å². The first-order valence-corrected chi connectivity index (χ1v) is 8.42. The molecule has 0 aromatic heterocycles. The van der Waals surface area contributed by atoms with E-state index in [0.29, 0.717) is 12.8 Å². The van der Waals surface area contributed by atoms with Crippen LogP contribution in [0.2, 0.25) is 0 Å². The van der Waals surface area contributed by atoms with Crippen molar-refractivity contribution in [1.82, 2.24) is 4.90 Å². The minimum Gasteiger partial charge on any atom is -0.464 e. The van der Waals surface area contributed by atoms with E-state index in [4.69, 9.17) is 15.9 Å². The molecule has 0 saturated heterocycles. The third-order valence-corrected chi connectivity index (χ3v) is 3.33. The monoisotopic (exact) mass is 345 g/mol. The third kappa shape index (κ3) is 7.30. The average molecular weight is 345 g/mol. The van der Waals surface area contributed by atoms with Gasteiger partial charge in [0.25, 0.3) is 0 Å². The largest absolute Gasteiger partial charge is 0.464 e. The van der Waals surface area contributed by atoms with Crippen LogP contribution in [0, 0.1) is 12.3 Å². The smallest absolute Gasteiger partial charge is 0.411 e. The van der Waals surface area contributed by atoms with E-state index in [1.165, 1.54) is 4.90 Å². The van der Waals surface area contributed by atoms with Crippen molar-refractivity contribution in [2.24, 2.45) is 0 Å². The quantitative estimate of drug-likeness (QED) is 0.561. The molecule has 1 aromatic carbocycles. The Morgan fingerprint density at radius 1 is 1.24 bits per heavy atom. The molecule has 0 N–H and O–H groups in total. The molecule has 5 heteroatoms. The second-order valence-corrected chi connectivity index (χ2v) is 6.59. The summed E-state index contributed by atoms with van der Waals surface area (Å²) in [6, 6.07) is 8.69. The standard InChI is InChI=1S/C20H27NO4/c1-6-8-14-21(19(23)25-20(3,4)5)17(18(22)24-7-2)15-16-12-10-9-11-13-16/h1,9-13,17H,7-8,14-15H2,2-5H3. The fourth-order valence-electron chi connectivity index (χ4n) is 2.28. The van der Waals surface area contributed by atoms with Crippen molar-refractivity contribution in [2.75, 3.05) is 13.2 Å². The zero-order valence-corrected chi connectivity index (χ0v) is 15.5. The highest BCUT2D eigenvalue weighted by Gasteiger charge is 2.33. The molecule has 0 saturated carbocycles. The summed E-state index contributed by atoms with van der Waals surface area (Å²) in [7, 11) is 0. The molecule has 136 valence electrons. The second kappa shape index (κ2) is 9.73. The molecule has 1 amide bonds. The van der Waals surface area contributed by atoms with Crippen LogP contribution in [0.1, 0.15) is 39.7 Å². The van der Waals surface area contributed by atoms with Crippen LogP contribution < -0.4 is 0 Å². The van der Waals surface area contributed by atoms with Crippen molar-refractivity contribution < 1.29 is 19.1 Å². The normalized spacial score (nSPS) is 12.0. The van der Waals surface area contributed by atoms with Gasteiger partial charge in [0, 0.05) is 19.4 Å². The Morgan fingerprint density at radius 2 is 1.88 bits per heavy atom. The predicted molar refractivity (Wildman–Crippen MR) is 97.0 cm³/mol. The minimum atomic E-state index is -0.787. The molecule has 0 aliphatic carbocycles. The summed E-state index contributed by atoms with van der Waals surface area (Å²) in [6.45, 7) is 7.53. The lowest BCUT2D eigenvalue weighted by Crippen LogP contribution is -2.49. The van der Waals surface area contributed by atoms with Crippen LogP contribution in [0.4, 0.5) is 4.79 Å². The van der Waals surface area contributed by atoms with Crippen molar-refractivity contribution in [1.29, 1.82) is 0 Å². The summed E-state index contributed by atoms with van der Waals surface area (Å²) >= 11 is 0. The van der Waals surface area contributed by atoms with Crippen molar-refractivity contribution in [3.63, 3.8) is 0 Å². The van der Waals surface area contributed by atoms with E-state index in [1.54, 1.807) is 27.7 Å². The number of amides is 1. The zero-order valence-electron chi connectivity index (χ0n) is 15.5. The van der Waals surface area contributed by atoms with Crippen LogP contribution in [0.5, 0.6) is 0 Å². The summed E-state index contributed by atoms with van der Waals surface area (Å²) < 4.78 is 10.6. The van der Waals surface area contributed by atoms with Gasteiger partial charge in [-0.25, -0.2) is 9.59 Å². The van der Waals surface area contributed by atoms with Gasteiger partial charge in [-0.3, -0.25) is 4.90 Å². The highest BCUT2D eigenvalue weighted by atomic mass is 16.6. The van der Waals surface area contributed by atoms with Gasteiger partial charge in [0.2, 0.25) is 0 Å². The fourth-order valence-corrected chi connectivity index (χ4v) is 2.28. The van der Waals surface area contributed by atoms with E-state index < -0.39 is 23.7 Å². The maximum atomic E-state index is 12.6. The van der Waals surface area contributed by atoms with Gasteiger partial charge in [0.15, 0.2) is 0 Å². The van der Waals surface area contributed by atoms with E-state index in [0.717, 1.165) is 5.56 Å². The van der Waals surface area contributed by atoms with Crippen LogP contribution in [0.15, 0.2) is 30.3 Å². The molecule has 0 spiro atoms. The maximum absolute atomic E-state index is 12.6. The number of carbonyl (C=O) groups excluding carboxylic acids is 2. The van der Waals surface area contributed by atoms with Gasteiger partial charge in [-0.05, 0) is 33.3 Å². The number of nitrogens with zero attached hydrogens (tertiary/aromatic N) is 1. The summed E-state index contributed by atoms with van der Waals surface area (Å²) in [5, 5.41) is 0. The Hall–Kier alpha value is -2.48. The number of benzene rings is 1. The third-order valence-electron chi connectivity index (χ3n) is 3.33. The number of carbonyl (C=O) groups is 2.